The van der Waals surface area contributed by atoms with Crippen LogP contribution in [0.25, 0.3) is 22.4 Å². The van der Waals surface area contributed by atoms with Crippen molar-refractivity contribution in [1.29, 1.82) is 0 Å². The second kappa shape index (κ2) is 11.8. The molecule has 0 radical (unpaired) electrons. The molecule has 1 saturated heterocycles. The molecule has 1 fully saturated rings. The van der Waals surface area contributed by atoms with Crippen LogP contribution in [0, 0.1) is 0 Å². The predicted octanol–water partition coefficient (Wildman–Crippen LogP) is 4.34. The minimum absolute atomic E-state index is 0.325. The Hall–Kier alpha value is -4.18. The molecule has 1 amide bonds. The number of imidazole rings is 1. The number of morpholine rings is 1. The Bertz CT molecular complexity index is 1640. The predicted molar refractivity (Wildman–Crippen MR) is 157 cm³/mol. The summed E-state index contributed by atoms with van der Waals surface area (Å²) in [5.74, 6) is 0.979. The molecule has 0 atom stereocenters. The van der Waals surface area contributed by atoms with Gasteiger partial charge < -0.3 is 24.6 Å². The van der Waals surface area contributed by atoms with Crippen LogP contribution < -0.4 is 10.2 Å². The van der Waals surface area contributed by atoms with Crippen LogP contribution in [0.3, 0.4) is 0 Å². The zero-order valence-electron chi connectivity index (χ0n) is 24.0. The summed E-state index contributed by atoms with van der Waals surface area (Å²) in [6, 6.07) is 0. The fourth-order valence-corrected chi connectivity index (χ4v) is 5.66. The lowest BCUT2D eigenvalue weighted by atomic mass is 10.1. The highest BCUT2D eigenvalue weighted by Gasteiger charge is 2.26. The first-order valence-electron chi connectivity index (χ1n) is 13.9. The van der Waals surface area contributed by atoms with Gasteiger partial charge in [0, 0.05) is 25.8 Å². The molecule has 228 valence electrons. The summed E-state index contributed by atoms with van der Waals surface area (Å²) in [5, 5.41) is 7.93. The summed E-state index contributed by atoms with van der Waals surface area (Å²) in [4.78, 5) is 36.0. The molecule has 1 N–H and O–H groups in total. The van der Waals surface area contributed by atoms with Gasteiger partial charge in [-0.3, -0.25) is 4.57 Å². The van der Waals surface area contributed by atoms with E-state index in [0.717, 1.165) is 21.9 Å². The molecule has 4 aromatic heterocycles. The SMILES string of the molecule is CC(C)(C)OC(=O)N1CCC=C(c2cnc(CNc3nc(N4CCOCC4)nc4c3ncn4-c3cnn(C(F)F)c3)s2)C1. The normalized spacial score (nSPS) is 16.2. The maximum Gasteiger partial charge on any atom is 0.410 e. The molecule has 2 aliphatic heterocycles. The molecule has 43 heavy (non-hydrogen) atoms. The van der Waals surface area contributed by atoms with Gasteiger partial charge in [0.15, 0.2) is 17.0 Å². The third-order valence-electron chi connectivity index (χ3n) is 6.82. The molecule has 0 aliphatic carbocycles. The number of nitrogens with one attached hydrogen (secondary N) is 1. The van der Waals surface area contributed by atoms with E-state index < -0.39 is 12.2 Å². The van der Waals surface area contributed by atoms with E-state index in [2.05, 4.69) is 26.5 Å². The Kier molecular flexibility index (Phi) is 7.96. The molecule has 0 bridgehead atoms. The third-order valence-corrected chi connectivity index (χ3v) is 7.90. The summed E-state index contributed by atoms with van der Waals surface area (Å²) in [7, 11) is 0. The van der Waals surface area contributed by atoms with Gasteiger partial charge >= 0.3 is 12.6 Å². The molecule has 0 aromatic carbocycles. The first-order valence-corrected chi connectivity index (χ1v) is 14.7. The minimum atomic E-state index is -2.76. The quantitative estimate of drug-likeness (QED) is 0.321. The van der Waals surface area contributed by atoms with Gasteiger partial charge in [0.2, 0.25) is 5.95 Å². The van der Waals surface area contributed by atoms with Crippen molar-refractivity contribution >= 4 is 45.9 Å². The third kappa shape index (κ3) is 6.44. The number of hydrogen-bond donors (Lipinski definition) is 1. The average molecular weight is 615 g/mol. The zero-order chi connectivity index (χ0) is 30.1. The Balaban J connectivity index is 1.23. The number of hydrogen-bond acceptors (Lipinski definition) is 11. The van der Waals surface area contributed by atoms with Gasteiger partial charge in [0.1, 0.15) is 16.9 Å². The summed E-state index contributed by atoms with van der Waals surface area (Å²) in [6.45, 7) is 6.59. The van der Waals surface area contributed by atoms with Crippen molar-refractivity contribution in [2.45, 2.75) is 45.9 Å². The van der Waals surface area contributed by atoms with E-state index in [1.54, 1.807) is 9.47 Å². The van der Waals surface area contributed by atoms with Gasteiger partial charge in [0.05, 0.1) is 49.3 Å². The number of ether oxygens (including phenoxy) is 2. The number of alkyl halides is 2. The fourth-order valence-electron chi connectivity index (χ4n) is 4.77. The van der Waals surface area contributed by atoms with Crippen molar-refractivity contribution in [3.63, 3.8) is 0 Å². The Labute approximate surface area is 250 Å². The number of aromatic nitrogens is 7. The number of anilines is 2. The van der Waals surface area contributed by atoms with Gasteiger partial charge in [0.25, 0.3) is 0 Å². The summed E-state index contributed by atoms with van der Waals surface area (Å²) in [5.41, 5.74) is 1.83. The van der Waals surface area contributed by atoms with Crippen LogP contribution >= 0.6 is 11.3 Å². The second-order valence-electron chi connectivity index (χ2n) is 11.1. The Morgan fingerprint density at radius 1 is 1.16 bits per heavy atom. The van der Waals surface area contributed by atoms with E-state index >= 15 is 0 Å². The van der Waals surface area contributed by atoms with Crippen molar-refractivity contribution in [3.05, 3.63) is 40.9 Å². The Morgan fingerprint density at radius 2 is 1.98 bits per heavy atom. The zero-order valence-corrected chi connectivity index (χ0v) is 24.9. The lowest BCUT2D eigenvalue weighted by Gasteiger charge is -2.30. The molecule has 6 rings (SSSR count). The van der Waals surface area contributed by atoms with E-state index in [-0.39, 0.29) is 6.09 Å². The minimum Gasteiger partial charge on any atom is -0.444 e. The van der Waals surface area contributed by atoms with Gasteiger partial charge in [-0.15, -0.1) is 11.3 Å². The lowest BCUT2D eigenvalue weighted by Crippen LogP contribution is -2.39. The molecule has 0 saturated carbocycles. The van der Waals surface area contributed by atoms with E-state index in [1.807, 2.05) is 31.9 Å². The van der Waals surface area contributed by atoms with Crippen molar-refractivity contribution in [1.82, 2.24) is 39.2 Å². The molecule has 13 nitrogen and oxygen atoms in total. The molecule has 16 heteroatoms. The monoisotopic (exact) mass is 614 g/mol. The van der Waals surface area contributed by atoms with E-state index in [1.165, 1.54) is 30.1 Å². The fraction of sp³-hybridized carbons (Fsp3) is 0.481. The highest BCUT2D eigenvalue weighted by Crippen LogP contribution is 2.29. The van der Waals surface area contributed by atoms with Crippen LogP contribution in [0.15, 0.2) is 31.0 Å². The van der Waals surface area contributed by atoms with E-state index in [4.69, 9.17) is 19.4 Å². The van der Waals surface area contributed by atoms with Gasteiger partial charge in [-0.05, 0) is 32.8 Å². The number of rotatable bonds is 7. The maximum absolute atomic E-state index is 13.2. The molecule has 0 unspecified atom stereocenters. The largest absolute Gasteiger partial charge is 0.444 e. The van der Waals surface area contributed by atoms with Gasteiger partial charge in [-0.2, -0.15) is 23.8 Å². The van der Waals surface area contributed by atoms with Crippen molar-refractivity contribution in [2.24, 2.45) is 0 Å². The van der Waals surface area contributed by atoms with Crippen LogP contribution in [0.4, 0.5) is 25.3 Å². The molecule has 2 aliphatic rings. The number of thiazole rings is 1. The van der Waals surface area contributed by atoms with Crippen molar-refractivity contribution < 1.29 is 23.0 Å². The summed E-state index contributed by atoms with van der Waals surface area (Å²) < 4.78 is 39.6. The number of amides is 1. The maximum atomic E-state index is 13.2. The van der Waals surface area contributed by atoms with Crippen molar-refractivity contribution in [2.75, 3.05) is 49.6 Å². The van der Waals surface area contributed by atoms with Crippen molar-refractivity contribution in [3.8, 4) is 5.69 Å². The number of carbonyl (C=O) groups excluding carboxylic acids is 1. The number of nitrogens with zero attached hydrogens (tertiary/aromatic N) is 9. The van der Waals surface area contributed by atoms with E-state index in [0.29, 0.717) is 79.2 Å². The lowest BCUT2D eigenvalue weighted by molar-refractivity contribution is 0.0273. The summed E-state index contributed by atoms with van der Waals surface area (Å²) in [6.07, 6.45) is 8.48. The summed E-state index contributed by atoms with van der Waals surface area (Å²) >= 11 is 1.53. The number of carbonyl (C=O) groups is 1. The highest BCUT2D eigenvalue weighted by atomic mass is 32.1. The van der Waals surface area contributed by atoms with Gasteiger partial charge in [-0.1, -0.05) is 6.08 Å². The molecule has 6 heterocycles. The highest BCUT2D eigenvalue weighted by molar-refractivity contribution is 7.12. The van der Waals surface area contributed by atoms with Crippen LogP contribution in [0.1, 0.15) is 43.6 Å². The first-order chi connectivity index (χ1) is 20.6. The molecule has 0 spiro atoms. The van der Waals surface area contributed by atoms with Gasteiger partial charge in [-0.25, -0.2) is 19.4 Å². The van der Waals surface area contributed by atoms with E-state index in [9.17, 15) is 13.6 Å². The Morgan fingerprint density at radius 3 is 2.72 bits per heavy atom. The molecule has 4 aromatic rings. The van der Waals surface area contributed by atoms with Crippen LogP contribution in [-0.4, -0.2) is 90.3 Å². The number of fused-ring (bicyclic) bond motifs is 1. The topological polar surface area (TPSA) is 128 Å². The standard InChI is InChI=1S/C27H32F2N10O3S/c1-27(2,3)42-26(40)37-6-4-5-17(14-37)19-12-30-20(43-19)13-31-22-21-23(35-25(34-22)36-7-9-41-10-8-36)38(16-32-21)18-11-33-39(15-18)24(28)29/h5,11-12,15-16,24H,4,6-10,13-14H2,1-3H3,(H,31,34,35). The molecular weight excluding hydrogens is 582 g/mol. The van der Waals surface area contributed by atoms with Crippen LogP contribution in [0.5, 0.6) is 0 Å². The van der Waals surface area contributed by atoms with Crippen LogP contribution in [0.2, 0.25) is 0 Å². The average Bonchev–Trinajstić information content (AvgIpc) is 3.75. The smallest absolute Gasteiger partial charge is 0.410 e. The first kappa shape index (κ1) is 28.9. The second-order valence-corrected chi connectivity index (χ2v) is 12.2. The molecular formula is C27H32F2N10O3S. The number of halogens is 2. The van der Waals surface area contributed by atoms with Crippen LogP contribution in [-0.2, 0) is 16.0 Å².